The van der Waals surface area contributed by atoms with Gasteiger partial charge >= 0.3 is 11.8 Å². The van der Waals surface area contributed by atoms with Crippen molar-refractivity contribution < 1.29 is 9.59 Å². The maximum Gasteiger partial charge on any atom is 0.314 e. The van der Waals surface area contributed by atoms with Crippen LogP contribution in [0.3, 0.4) is 0 Å². The van der Waals surface area contributed by atoms with Crippen LogP contribution < -0.4 is 11.1 Å². The zero-order valence-corrected chi connectivity index (χ0v) is 14.2. The van der Waals surface area contributed by atoms with Crippen LogP contribution in [0.25, 0.3) is 0 Å². The standard InChI is InChI=1S/C19H22N4O2/c1-13-11-21-12-15(17(13)20)22-18(24)19(25)23-10-6-5-9-16(23)14-7-3-2-4-8-14/h2-4,7-8,11-12,16H,5-6,9-10H2,1H3,(H2,20,21)(H,22,24). The van der Waals surface area contributed by atoms with Crippen molar-refractivity contribution in [1.82, 2.24) is 9.88 Å². The molecule has 1 saturated heterocycles. The van der Waals surface area contributed by atoms with Gasteiger partial charge in [0.2, 0.25) is 0 Å². The van der Waals surface area contributed by atoms with Crippen molar-refractivity contribution in [1.29, 1.82) is 0 Å². The molecule has 1 aliphatic heterocycles. The van der Waals surface area contributed by atoms with E-state index in [1.165, 1.54) is 6.20 Å². The molecule has 0 spiro atoms. The van der Waals surface area contributed by atoms with E-state index in [2.05, 4.69) is 10.3 Å². The summed E-state index contributed by atoms with van der Waals surface area (Å²) in [6.07, 6.45) is 5.87. The molecule has 1 atom stereocenters. The SMILES string of the molecule is Cc1cncc(NC(=O)C(=O)N2CCCCC2c2ccccc2)c1N. The van der Waals surface area contributed by atoms with E-state index in [4.69, 9.17) is 5.73 Å². The average Bonchev–Trinajstić information content (AvgIpc) is 2.65. The van der Waals surface area contributed by atoms with Gasteiger partial charge in [-0.05, 0) is 37.3 Å². The number of carbonyl (C=O) groups is 2. The molecule has 1 fully saturated rings. The second-order valence-electron chi connectivity index (χ2n) is 6.29. The van der Waals surface area contributed by atoms with E-state index in [0.29, 0.717) is 17.9 Å². The molecule has 130 valence electrons. The van der Waals surface area contributed by atoms with Gasteiger partial charge in [-0.3, -0.25) is 14.6 Å². The molecule has 2 heterocycles. The number of amides is 2. The first-order valence-corrected chi connectivity index (χ1v) is 8.45. The zero-order chi connectivity index (χ0) is 17.8. The average molecular weight is 338 g/mol. The van der Waals surface area contributed by atoms with Crippen LogP contribution >= 0.6 is 0 Å². The number of nitrogens with two attached hydrogens (primary N) is 1. The fraction of sp³-hybridized carbons (Fsp3) is 0.316. The van der Waals surface area contributed by atoms with Gasteiger partial charge in [-0.15, -0.1) is 0 Å². The second kappa shape index (κ2) is 7.34. The summed E-state index contributed by atoms with van der Waals surface area (Å²) in [6.45, 7) is 2.38. The van der Waals surface area contributed by atoms with E-state index in [1.54, 1.807) is 18.0 Å². The van der Waals surface area contributed by atoms with Crippen molar-refractivity contribution in [2.24, 2.45) is 0 Å². The topological polar surface area (TPSA) is 88.3 Å². The van der Waals surface area contributed by atoms with Crippen molar-refractivity contribution >= 4 is 23.2 Å². The summed E-state index contributed by atoms with van der Waals surface area (Å²) in [6, 6.07) is 9.77. The maximum absolute atomic E-state index is 12.7. The number of aromatic nitrogens is 1. The Morgan fingerprint density at radius 2 is 1.96 bits per heavy atom. The van der Waals surface area contributed by atoms with Crippen LogP contribution in [0.2, 0.25) is 0 Å². The number of nitrogens with zero attached hydrogens (tertiary/aromatic N) is 2. The molecule has 6 nitrogen and oxygen atoms in total. The largest absolute Gasteiger partial charge is 0.397 e. The molecule has 0 bridgehead atoms. The second-order valence-corrected chi connectivity index (χ2v) is 6.29. The highest BCUT2D eigenvalue weighted by Gasteiger charge is 2.31. The first-order valence-electron chi connectivity index (χ1n) is 8.45. The van der Waals surface area contributed by atoms with Crippen molar-refractivity contribution in [3.8, 4) is 0 Å². The van der Waals surface area contributed by atoms with Gasteiger partial charge in [0.25, 0.3) is 0 Å². The van der Waals surface area contributed by atoms with Crippen molar-refractivity contribution in [3.63, 3.8) is 0 Å². The van der Waals surface area contributed by atoms with Crippen LogP contribution in [-0.4, -0.2) is 28.2 Å². The molecule has 3 rings (SSSR count). The molecule has 1 aromatic heterocycles. The Morgan fingerprint density at radius 1 is 1.20 bits per heavy atom. The highest BCUT2D eigenvalue weighted by molar-refractivity contribution is 6.39. The van der Waals surface area contributed by atoms with E-state index in [9.17, 15) is 9.59 Å². The van der Waals surface area contributed by atoms with Gasteiger partial charge in [0.1, 0.15) is 0 Å². The van der Waals surface area contributed by atoms with Crippen molar-refractivity contribution in [3.05, 3.63) is 53.9 Å². The number of aryl methyl sites for hydroxylation is 1. The van der Waals surface area contributed by atoms with Crippen molar-refractivity contribution in [2.75, 3.05) is 17.6 Å². The van der Waals surface area contributed by atoms with Gasteiger partial charge in [-0.25, -0.2) is 0 Å². The molecule has 0 radical (unpaired) electrons. The lowest BCUT2D eigenvalue weighted by Gasteiger charge is -2.35. The Hall–Kier alpha value is -2.89. The third kappa shape index (κ3) is 3.63. The summed E-state index contributed by atoms with van der Waals surface area (Å²) in [5, 5.41) is 2.60. The third-order valence-corrected chi connectivity index (χ3v) is 4.58. The molecule has 0 saturated carbocycles. The normalized spacial score (nSPS) is 17.2. The predicted octanol–water partition coefficient (Wildman–Crippen LogP) is 2.66. The van der Waals surface area contributed by atoms with Crippen molar-refractivity contribution in [2.45, 2.75) is 32.2 Å². The molecule has 25 heavy (non-hydrogen) atoms. The minimum Gasteiger partial charge on any atom is -0.397 e. The number of pyridine rings is 1. The van der Waals surface area contributed by atoms with E-state index >= 15 is 0 Å². The predicted molar refractivity (Wildman–Crippen MR) is 96.8 cm³/mol. The molecule has 0 aliphatic carbocycles. The minimum absolute atomic E-state index is 0.0684. The van der Waals surface area contributed by atoms with Gasteiger partial charge in [-0.2, -0.15) is 0 Å². The lowest BCUT2D eigenvalue weighted by Crippen LogP contribution is -2.44. The number of nitrogen functional groups attached to an aromatic ring is 1. The fourth-order valence-corrected chi connectivity index (χ4v) is 3.18. The van der Waals surface area contributed by atoms with Crippen LogP contribution in [0.5, 0.6) is 0 Å². The molecular weight excluding hydrogens is 316 g/mol. The Bertz CT molecular complexity index is 776. The van der Waals surface area contributed by atoms with Crippen LogP contribution in [0, 0.1) is 6.92 Å². The van der Waals surface area contributed by atoms with Gasteiger partial charge < -0.3 is 16.0 Å². The Kier molecular flexibility index (Phi) is 4.97. The summed E-state index contributed by atoms with van der Waals surface area (Å²) in [4.78, 5) is 30.9. The maximum atomic E-state index is 12.7. The van der Waals surface area contributed by atoms with Gasteiger partial charge in [-0.1, -0.05) is 30.3 Å². The number of anilines is 2. The molecular formula is C19H22N4O2. The Morgan fingerprint density at radius 3 is 2.72 bits per heavy atom. The fourth-order valence-electron chi connectivity index (χ4n) is 3.18. The number of likely N-dealkylation sites (tertiary alicyclic amines) is 1. The molecule has 2 amide bonds. The van der Waals surface area contributed by atoms with E-state index in [1.807, 2.05) is 30.3 Å². The number of carbonyl (C=O) groups excluding carboxylic acids is 2. The molecule has 2 aromatic rings. The molecule has 1 unspecified atom stereocenters. The lowest BCUT2D eigenvalue weighted by molar-refractivity contribution is -0.145. The number of hydrogen-bond acceptors (Lipinski definition) is 4. The van der Waals surface area contributed by atoms with Crippen LogP contribution in [0.1, 0.15) is 36.4 Å². The number of rotatable bonds is 2. The minimum atomic E-state index is -0.679. The Labute approximate surface area is 147 Å². The van der Waals surface area contributed by atoms with E-state index < -0.39 is 11.8 Å². The third-order valence-electron chi connectivity index (χ3n) is 4.58. The molecule has 3 N–H and O–H groups in total. The van der Waals surface area contributed by atoms with Crippen LogP contribution in [-0.2, 0) is 9.59 Å². The molecule has 6 heteroatoms. The Balaban J connectivity index is 1.78. The number of hydrogen-bond donors (Lipinski definition) is 2. The van der Waals surface area contributed by atoms with Crippen LogP contribution in [0.4, 0.5) is 11.4 Å². The summed E-state index contributed by atoms with van der Waals surface area (Å²) >= 11 is 0. The van der Waals surface area contributed by atoms with E-state index in [-0.39, 0.29) is 6.04 Å². The van der Waals surface area contributed by atoms with E-state index in [0.717, 1.165) is 30.4 Å². The van der Waals surface area contributed by atoms with Gasteiger partial charge in [0, 0.05) is 12.7 Å². The molecule has 1 aliphatic rings. The number of benzene rings is 1. The smallest absolute Gasteiger partial charge is 0.314 e. The first kappa shape index (κ1) is 17.0. The molecule has 1 aromatic carbocycles. The monoisotopic (exact) mass is 338 g/mol. The first-order chi connectivity index (χ1) is 12.1. The van der Waals surface area contributed by atoms with Gasteiger partial charge in [0.15, 0.2) is 0 Å². The highest BCUT2D eigenvalue weighted by Crippen LogP contribution is 2.31. The summed E-state index contributed by atoms with van der Waals surface area (Å²) in [7, 11) is 0. The van der Waals surface area contributed by atoms with Gasteiger partial charge in [0.05, 0.1) is 23.6 Å². The number of piperidine rings is 1. The summed E-state index contributed by atoms with van der Waals surface area (Å²) in [5.41, 5.74) is 8.55. The summed E-state index contributed by atoms with van der Waals surface area (Å²) < 4.78 is 0. The van der Waals surface area contributed by atoms with Crippen LogP contribution in [0.15, 0.2) is 42.7 Å². The highest BCUT2D eigenvalue weighted by atomic mass is 16.2. The quantitative estimate of drug-likeness (QED) is 0.824. The number of nitrogens with one attached hydrogen (secondary N) is 1. The summed E-state index contributed by atoms with van der Waals surface area (Å²) in [5.74, 6) is -1.21. The lowest BCUT2D eigenvalue weighted by atomic mass is 9.95. The zero-order valence-electron chi connectivity index (χ0n) is 14.2.